The van der Waals surface area contributed by atoms with Gasteiger partial charge in [0.2, 0.25) is 5.91 Å². The fourth-order valence-corrected chi connectivity index (χ4v) is 4.53. The SMILES string of the molecule is CC(NC(=O)/C=C/c1c(Cl)nc2sccn12)c1ccc(N2CCN(C)CC2)c(F)c1. The van der Waals surface area contributed by atoms with Gasteiger partial charge < -0.3 is 15.1 Å². The summed E-state index contributed by atoms with van der Waals surface area (Å²) in [6.07, 6.45) is 4.90. The van der Waals surface area contributed by atoms with E-state index in [4.69, 9.17) is 11.6 Å². The van der Waals surface area contributed by atoms with Crippen molar-refractivity contribution < 1.29 is 9.18 Å². The van der Waals surface area contributed by atoms with E-state index >= 15 is 0 Å². The third kappa shape index (κ3) is 4.35. The number of nitrogens with one attached hydrogen (secondary N) is 1. The van der Waals surface area contributed by atoms with Crippen LogP contribution in [0.5, 0.6) is 0 Å². The third-order valence-corrected chi connectivity index (χ3v) is 6.36. The van der Waals surface area contributed by atoms with Crippen LogP contribution in [0.1, 0.15) is 24.2 Å². The number of fused-ring (bicyclic) bond motifs is 1. The van der Waals surface area contributed by atoms with E-state index in [9.17, 15) is 9.18 Å². The molecule has 0 radical (unpaired) electrons. The highest BCUT2D eigenvalue weighted by Gasteiger charge is 2.19. The molecule has 1 aliphatic rings. The van der Waals surface area contributed by atoms with E-state index in [0.29, 0.717) is 16.5 Å². The number of thiazole rings is 1. The maximum atomic E-state index is 14.7. The molecule has 1 saturated heterocycles. The van der Waals surface area contributed by atoms with Gasteiger partial charge in [-0.25, -0.2) is 9.37 Å². The first-order valence-corrected chi connectivity index (χ1v) is 11.0. The van der Waals surface area contributed by atoms with E-state index in [1.807, 2.05) is 29.0 Å². The fourth-order valence-electron chi connectivity index (χ4n) is 3.52. The molecule has 0 bridgehead atoms. The lowest BCUT2D eigenvalue weighted by Crippen LogP contribution is -2.44. The number of amides is 1. The van der Waals surface area contributed by atoms with Gasteiger partial charge in [-0.1, -0.05) is 17.7 Å². The lowest BCUT2D eigenvalue weighted by molar-refractivity contribution is -0.117. The number of likely N-dealkylation sites (N-methyl/N-ethyl adjacent to an activating group) is 1. The van der Waals surface area contributed by atoms with E-state index in [0.717, 1.165) is 36.7 Å². The number of imidazole rings is 1. The van der Waals surface area contributed by atoms with Gasteiger partial charge in [-0.05, 0) is 37.7 Å². The molecule has 0 saturated carbocycles. The zero-order valence-electron chi connectivity index (χ0n) is 16.8. The minimum Gasteiger partial charge on any atom is -0.367 e. The topological polar surface area (TPSA) is 52.9 Å². The summed E-state index contributed by atoms with van der Waals surface area (Å²) < 4.78 is 16.5. The number of benzene rings is 1. The van der Waals surface area contributed by atoms with Gasteiger partial charge >= 0.3 is 0 Å². The standard InChI is InChI=1S/C21H23ClFN5OS/c1-14(15-3-4-17(16(23)13-15)27-9-7-26(2)8-10-27)24-19(29)6-5-18-20(22)25-21-28(18)11-12-30-21/h3-6,11-14H,7-10H2,1-2H3,(H,24,29)/b6-5+. The number of halogens is 2. The van der Waals surface area contributed by atoms with Gasteiger partial charge in [0.1, 0.15) is 5.82 Å². The first kappa shape index (κ1) is 20.8. The molecule has 3 heterocycles. The van der Waals surface area contributed by atoms with E-state index in [-0.39, 0.29) is 17.8 Å². The molecule has 1 N–H and O–H groups in total. The van der Waals surface area contributed by atoms with E-state index in [1.165, 1.54) is 23.5 Å². The molecule has 9 heteroatoms. The zero-order valence-corrected chi connectivity index (χ0v) is 18.4. The van der Waals surface area contributed by atoms with Crippen LogP contribution in [0.15, 0.2) is 35.9 Å². The normalized spacial score (nSPS) is 16.5. The highest BCUT2D eigenvalue weighted by molar-refractivity contribution is 7.15. The summed E-state index contributed by atoms with van der Waals surface area (Å²) in [5, 5.41) is 5.12. The van der Waals surface area contributed by atoms with Crippen molar-refractivity contribution in [1.29, 1.82) is 0 Å². The van der Waals surface area contributed by atoms with Crippen LogP contribution in [0.3, 0.4) is 0 Å². The fraction of sp³-hybridized carbons (Fsp3) is 0.333. The molecule has 3 aromatic rings. The Bertz CT molecular complexity index is 1090. The molecule has 1 atom stereocenters. The lowest BCUT2D eigenvalue weighted by atomic mass is 10.1. The molecule has 1 aliphatic heterocycles. The van der Waals surface area contributed by atoms with Crippen molar-refractivity contribution in [2.75, 3.05) is 38.1 Å². The molecule has 1 amide bonds. The number of carbonyl (C=O) groups is 1. The van der Waals surface area contributed by atoms with Crippen LogP contribution >= 0.6 is 22.9 Å². The van der Waals surface area contributed by atoms with Gasteiger partial charge in [0, 0.05) is 43.8 Å². The summed E-state index contributed by atoms with van der Waals surface area (Å²) in [5.41, 5.74) is 1.98. The second kappa shape index (κ2) is 8.75. The minimum atomic E-state index is -0.333. The van der Waals surface area contributed by atoms with Gasteiger partial charge in [-0.15, -0.1) is 11.3 Å². The smallest absolute Gasteiger partial charge is 0.244 e. The van der Waals surface area contributed by atoms with Crippen molar-refractivity contribution in [2.24, 2.45) is 0 Å². The number of carbonyl (C=O) groups excluding carboxylic acids is 1. The van der Waals surface area contributed by atoms with Crippen molar-refractivity contribution in [1.82, 2.24) is 19.6 Å². The molecule has 1 fully saturated rings. The van der Waals surface area contributed by atoms with Crippen molar-refractivity contribution in [2.45, 2.75) is 13.0 Å². The minimum absolute atomic E-state index is 0.264. The number of hydrogen-bond acceptors (Lipinski definition) is 5. The largest absolute Gasteiger partial charge is 0.367 e. The molecular weight excluding hydrogens is 425 g/mol. The number of nitrogens with zero attached hydrogens (tertiary/aromatic N) is 4. The van der Waals surface area contributed by atoms with Gasteiger partial charge in [-0.2, -0.15) is 0 Å². The van der Waals surface area contributed by atoms with Crippen molar-refractivity contribution in [3.8, 4) is 0 Å². The highest BCUT2D eigenvalue weighted by Crippen LogP contribution is 2.25. The first-order valence-electron chi connectivity index (χ1n) is 9.75. The second-order valence-corrected chi connectivity index (χ2v) is 8.64. The van der Waals surface area contributed by atoms with Crippen LogP contribution in [0.25, 0.3) is 11.0 Å². The van der Waals surface area contributed by atoms with Crippen LogP contribution in [0.2, 0.25) is 5.15 Å². The summed E-state index contributed by atoms with van der Waals surface area (Å²) >= 11 is 7.61. The Labute approximate surface area is 183 Å². The predicted octanol–water partition coefficient (Wildman–Crippen LogP) is 3.83. The first-order chi connectivity index (χ1) is 14.4. The highest BCUT2D eigenvalue weighted by atomic mass is 35.5. The van der Waals surface area contributed by atoms with Gasteiger partial charge in [0.25, 0.3) is 0 Å². The van der Waals surface area contributed by atoms with E-state index in [1.54, 1.807) is 12.1 Å². The summed E-state index contributed by atoms with van der Waals surface area (Å²) in [6, 6.07) is 4.84. The molecular formula is C21H23ClFN5OS. The van der Waals surface area contributed by atoms with Gasteiger partial charge in [0.05, 0.1) is 17.4 Å². The quantitative estimate of drug-likeness (QED) is 0.604. The molecule has 0 aliphatic carbocycles. The molecule has 2 aromatic heterocycles. The van der Waals surface area contributed by atoms with Crippen LogP contribution in [-0.2, 0) is 4.79 Å². The molecule has 4 rings (SSSR count). The number of anilines is 1. The van der Waals surface area contributed by atoms with Crippen LogP contribution in [-0.4, -0.2) is 53.4 Å². The van der Waals surface area contributed by atoms with Crippen molar-refractivity contribution in [3.63, 3.8) is 0 Å². The molecule has 0 spiro atoms. The Kier molecular flexibility index (Phi) is 6.08. The zero-order chi connectivity index (χ0) is 21.3. The summed E-state index contributed by atoms with van der Waals surface area (Å²) in [5.74, 6) is -0.549. The molecule has 6 nitrogen and oxygen atoms in total. The Morgan fingerprint density at radius 3 is 2.83 bits per heavy atom. The van der Waals surface area contributed by atoms with Crippen LogP contribution in [0, 0.1) is 5.82 Å². The Morgan fingerprint density at radius 2 is 2.10 bits per heavy atom. The summed E-state index contributed by atoms with van der Waals surface area (Å²) in [7, 11) is 2.07. The number of piperazine rings is 1. The summed E-state index contributed by atoms with van der Waals surface area (Å²) in [6.45, 7) is 5.27. The predicted molar refractivity (Wildman–Crippen MR) is 120 cm³/mol. The number of hydrogen-bond donors (Lipinski definition) is 1. The Balaban J connectivity index is 1.41. The number of aromatic nitrogens is 2. The third-order valence-electron chi connectivity index (χ3n) is 5.32. The van der Waals surface area contributed by atoms with Gasteiger partial charge in [-0.3, -0.25) is 9.20 Å². The van der Waals surface area contributed by atoms with Crippen molar-refractivity contribution in [3.05, 3.63) is 58.1 Å². The summed E-state index contributed by atoms with van der Waals surface area (Å²) in [4.78, 5) is 21.7. The van der Waals surface area contributed by atoms with Crippen LogP contribution in [0.4, 0.5) is 10.1 Å². The Hall–Kier alpha value is -2.42. The maximum absolute atomic E-state index is 14.7. The molecule has 158 valence electrons. The monoisotopic (exact) mass is 447 g/mol. The lowest BCUT2D eigenvalue weighted by Gasteiger charge is -2.34. The second-order valence-electron chi connectivity index (χ2n) is 7.41. The molecule has 1 unspecified atom stereocenters. The van der Waals surface area contributed by atoms with Crippen molar-refractivity contribution >= 4 is 45.6 Å². The van der Waals surface area contributed by atoms with Crippen LogP contribution < -0.4 is 10.2 Å². The molecule has 1 aromatic carbocycles. The van der Waals surface area contributed by atoms with E-state index in [2.05, 4.69) is 27.1 Å². The average molecular weight is 448 g/mol. The average Bonchev–Trinajstić information content (AvgIpc) is 3.27. The molecule has 30 heavy (non-hydrogen) atoms. The number of rotatable bonds is 5. The maximum Gasteiger partial charge on any atom is 0.244 e. The van der Waals surface area contributed by atoms with E-state index < -0.39 is 0 Å². The Morgan fingerprint density at radius 1 is 1.33 bits per heavy atom. The van der Waals surface area contributed by atoms with Gasteiger partial charge in [0.15, 0.2) is 10.1 Å².